The quantitative estimate of drug-likeness (QED) is 0.906. The Kier molecular flexibility index (Phi) is 3.65. The van der Waals surface area contributed by atoms with Gasteiger partial charge in [0.1, 0.15) is 0 Å². The lowest BCUT2D eigenvalue weighted by molar-refractivity contribution is 0.581. The number of anilines is 1. The molecule has 4 heteroatoms. The molecule has 3 rings (SSSR count). The van der Waals surface area contributed by atoms with Gasteiger partial charge in [-0.25, -0.2) is 0 Å². The monoisotopic (exact) mass is 268 g/mol. The van der Waals surface area contributed by atoms with Gasteiger partial charge in [-0.1, -0.05) is 23.8 Å². The molecule has 0 amide bonds. The van der Waals surface area contributed by atoms with Crippen LogP contribution in [0.25, 0.3) is 11.3 Å². The lowest BCUT2D eigenvalue weighted by Gasteiger charge is -2.29. The zero-order valence-corrected chi connectivity index (χ0v) is 12.1. The van der Waals surface area contributed by atoms with E-state index in [2.05, 4.69) is 64.6 Å². The van der Waals surface area contributed by atoms with E-state index in [-0.39, 0.29) is 0 Å². The maximum atomic E-state index is 4.46. The molecule has 0 aliphatic carbocycles. The molecule has 1 N–H and O–H groups in total. The summed E-state index contributed by atoms with van der Waals surface area (Å²) in [6.45, 7) is 8.24. The third-order valence-corrected chi connectivity index (χ3v) is 3.69. The number of aryl methyl sites for hydroxylation is 2. The molecular weight excluding hydrogens is 248 g/mol. The molecule has 1 aliphatic rings. The first-order valence-electron chi connectivity index (χ1n) is 7.11. The van der Waals surface area contributed by atoms with Crippen LogP contribution in [0, 0.1) is 13.8 Å². The lowest BCUT2D eigenvalue weighted by atomic mass is 10.1. The van der Waals surface area contributed by atoms with Gasteiger partial charge in [-0.15, -0.1) is 10.2 Å². The maximum Gasteiger partial charge on any atom is 0.154 e. The summed E-state index contributed by atoms with van der Waals surface area (Å²) in [6, 6.07) is 10.5. The third kappa shape index (κ3) is 2.65. The Morgan fingerprint density at radius 2 is 1.85 bits per heavy atom. The van der Waals surface area contributed by atoms with E-state index in [1.54, 1.807) is 0 Å². The summed E-state index contributed by atoms with van der Waals surface area (Å²) in [4.78, 5) is 2.30. The van der Waals surface area contributed by atoms with Gasteiger partial charge < -0.3 is 10.2 Å². The van der Waals surface area contributed by atoms with Crippen LogP contribution >= 0.6 is 0 Å². The van der Waals surface area contributed by atoms with Gasteiger partial charge in [0, 0.05) is 31.7 Å². The SMILES string of the molecule is Cc1cccc(-c2cc(C)c(N3CCNCC3)nn2)c1. The number of piperazine rings is 1. The number of nitrogens with one attached hydrogen (secondary N) is 1. The molecule has 104 valence electrons. The Hall–Kier alpha value is -1.94. The van der Waals surface area contributed by atoms with E-state index in [1.807, 2.05) is 0 Å². The molecule has 1 saturated heterocycles. The minimum Gasteiger partial charge on any atom is -0.352 e. The summed E-state index contributed by atoms with van der Waals surface area (Å²) in [7, 11) is 0. The molecule has 2 aromatic rings. The average Bonchev–Trinajstić information content (AvgIpc) is 2.48. The first-order valence-corrected chi connectivity index (χ1v) is 7.11. The van der Waals surface area contributed by atoms with Crippen LogP contribution in [0.1, 0.15) is 11.1 Å². The summed E-state index contributed by atoms with van der Waals surface area (Å²) in [5.41, 5.74) is 4.52. The Morgan fingerprint density at radius 1 is 1.05 bits per heavy atom. The topological polar surface area (TPSA) is 41.0 Å². The van der Waals surface area contributed by atoms with E-state index >= 15 is 0 Å². The van der Waals surface area contributed by atoms with Gasteiger partial charge >= 0.3 is 0 Å². The molecule has 2 heterocycles. The van der Waals surface area contributed by atoms with E-state index in [4.69, 9.17) is 0 Å². The van der Waals surface area contributed by atoms with Crippen molar-refractivity contribution in [2.75, 3.05) is 31.1 Å². The Labute approximate surface area is 119 Å². The fourth-order valence-electron chi connectivity index (χ4n) is 2.61. The summed E-state index contributed by atoms with van der Waals surface area (Å²) in [6.07, 6.45) is 0. The molecule has 0 spiro atoms. The third-order valence-electron chi connectivity index (χ3n) is 3.69. The van der Waals surface area contributed by atoms with Gasteiger partial charge in [0.05, 0.1) is 5.69 Å². The summed E-state index contributed by atoms with van der Waals surface area (Å²) in [5.74, 6) is 1.02. The van der Waals surface area contributed by atoms with Crippen LogP contribution in [0.15, 0.2) is 30.3 Å². The molecule has 0 saturated carbocycles. The lowest BCUT2D eigenvalue weighted by Crippen LogP contribution is -2.44. The van der Waals surface area contributed by atoms with Crippen LogP contribution in [0.5, 0.6) is 0 Å². The van der Waals surface area contributed by atoms with Crippen molar-refractivity contribution in [2.24, 2.45) is 0 Å². The molecule has 0 bridgehead atoms. The molecule has 1 aromatic heterocycles. The fourth-order valence-corrected chi connectivity index (χ4v) is 2.61. The van der Waals surface area contributed by atoms with Gasteiger partial charge in [-0.05, 0) is 31.5 Å². The van der Waals surface area contributed by atoms with Crippen LogP contribution in [0.3, 0.4) is 0 Å². The van der Waals surface area contributed by atoms with Crippen molar-refractivity contribution in [3.63, 3.8) is 0 Å². The van der Waals surface area contributed by atoms with Crippen LogP contribution in [-0.4, -0.2) is 36.4 Å². The number of hydrogen-bond donors (Lipinski definition) is 1. The first kappa shape index (κ1) is 13.1. The van der Waals surface area contributed by atoms with E-state index in [0.29, 0.717) is 0 Å². The predicted octanol–water partition coefficient (Wildman–Crippen LogP) is 2.17. The van der Waals surface area contributed by atoms with Crippen molar-refractivity contribution < 1.29 is 0 Å². The predicted molar refractivity (Wildman–Crippen MR) is 82.0 cm³/mol. The average molecular weight is 268 g/mol. The normalized spacial score (nSPS) is 15.4. The molecule has 1 aromatic carbocycles. The second kappa shape index (κ2) is 5.59. The first-order chi connectivity index (χ1) is 9.74. The summed E-state index contributed by atoms with van der Waals surface area (Å²) >= 11 is 0. The second-order valence-electron chi connectivity index (χ2n) is 5.34. The van der Waals surface area contributed by atoms with Gasteiger partial charge in [-0.2, -0.15) is 0 Å². The van der Waals surface area contributed by atoms with E-state index < -0.39 is 0 Å². The van der Waals surface area contributed by atoms with Crippen molar-refractivity contribution in [1.82, 2.24) is 15.5 Å². The van der Waals surface area contributed by atoms with Crippen molar-refractivity contribution >= 4 is 5.82 Å². The zero-order chi connectivity index (χ0) is 13.9. The van der Waals surface area contributed by atoms with E-state index in [0.717, 1.165) is 43.3 Å². The number of nitrogens with zero attached hydrogens (tertiary/aromatic N) is 3. The Morgan fingerprint density at radius 3 is 2.55 bits per heavy atom. The maximum absolute atomic E-state index is 4.46. The largest absolute Gasteiger partial charge is 0.352 e. The molecule has 1 aliphatic heterocycles. The smallest absolute Gasteiger partial charge is 0.154 e. The number of hydrogen-bond acceptors (Lipinski definition) is 4. The Balaban J connectivity index is 1.90. The fraction of sp³-hybridized carbons (Fsp3) is 0.375. The molecule has 1 fully saturated rings. The highest BCUT2D eigenvalue weighted by Gasteiger charge is 2.15. The van der Waals surface area contributed by atoms with Crippen LogP contribution in [0.4, 0.5) is 5.82 Å². The summed E-state index contributed by atoms with van der Waals surface area (Å²) in [5, 5.41) is 12.2. The second-order valence-corrected chi connectivity index (χ2v) is 5.34. The Bertz CT molecular complexity index is 603. The van der Waals surface area contributed by atoms with Gasteiger partial charge in [-0.3, -0.25) is 0 Å². The molecule has 0 atom stereocenters. The highest BCUT2D eigenvalue weighted by molar-refractivity contribution is 5.62. The van der Waals surface area contributed by atoms with E-state index in [9.17, 15) is 0 Å². The van der Waals surface area contributed by atoms with Crippen molar-refractivity contribution in [3.8, 4) is 11.3 Å². The van der Waals surface area contributed by atoms with Gasteiger partial charge in [0.15, 0.2) is 5.82 Å². The van der Waals surface area contributed by atoms with Gasteiger partial charge in [0.2, 0.25) is 0 Å². The number of rotatable bonds is 2. The highest BCUT2D eigenvalue weighted by Crippen LogP contribution is 2.23. The van der Waals surface area contributed by atoms with Crippen LogP contribution in [-0.2, 0) is 0 Å². The van der Waals surface area contributed by atoms with Gasteiger partial charge in [0.25, 0.3) is 0 Å². The van der Waals surface area contributed by atoms with Crippen molar-refractivity contribution in [2.45, 2.75) is 13.8 Å². The highest BCUT2D eigenvalue weighted by atomic mass is 15.3. The number of benzene rings is 1. The minimum absolute atomic E-state index is 0.949. The molecule has 4 nitrogen and oxygen atoms in total. The molecule has 0 radical (unpaired) electrons. The van der Waals surface area contributed by atoms with E-state index in [1.165, 1.54) is 11.1 Å². The van der Waals surface area contributed by atoms with Crippen molar-refractivity contribution in [1.29, 1.82) is 0 Å². The van der Waals surface area contributed by atoms with Crippen LogP contribution < -0.4 is 10.2 Å². The summed E-state index contributed by atoms with van der Waals surface area (Å²) < 4.78 is 0. The minimum atomic E-state index is 0.949. The van der Waals surface area contributed by atoms with Crippen LogP contribution in [0.2, 0.25) is 0 Å². The van der Waals surface area contributed by atoms with Crippen molar-refractivity contribution in [3.05, 3.63) is 41.5 Å². The molecular formula is C16H20N4. The zero-order valence-electron chi connectivity index (χ0n) is 12.1. The molecule has 20 heavy (non-hydrogen) atoms. The molecule has 0 unspecified atom stereocenters. The standard InChI is InChI=1S/C16H20N4/c1-12-4-3-5-14(10-12)15-11-13(2)16(19-18-15)20-8-6-17-7-9-20/h3-5,10-11,17H,6-9H2,1-2H3. The number of aromatic nitrogens is 2.